The summed E-state index contributed by atoms with van der Waals surface area (Å²) in [5, 5.41) is 3.49. The van der Waals surface area contributed by atoms with Crippen LogP contribution in [0.5, 0.6) is 0 Å². The van der Waals surface area contributed by atoms with Crippen molar-refractivity contribution in [2.75, 3.05) is 27.2 Å². The Morgan fingerprint density at radius 1 is 1.40 bits per heavy atom. The molecule has 3 heteroatoms. The summed E-state index contributed by atoms with van der Waals surface area (Å²) in [6.45, 7) is 4.27. The monoisotopic (exact) mass is 270 g/mol. The Bertz CT molecular complexity index is 299. The molecule has 0 aromatic heterocycles. The first-order valence-electron chi connectivity index (χ1n) is 5.23. The molecule has 1 aromatic carbocycles. The van der Waals surface area contributed by atoms with Crippen LogP contribution in [0.4, 0.5) is 0 Å². The van der Waals surface area contributed by atoms with E-state index >= 15 is 0 Å². The Balaban J connectivity index is 2.43. The van der Waals surface area contributed by atoms with Crippen LogP contribution in [0.2, 0.25) is 0 Å². The summed E-state index contributed by atoms with van der Waals surface area (Å²) in [6.07, 6.45) is 0. The summed E-state index contributed by atoms with van der Waals surface area (Å²) in [4.78, 5) is 2.18. The highest BCUT2D eigenvalue weighted by Gasteiger charge is 2.04. The molecule has 15 heavy (non-hydrogen) atoms. The molecular weight excluding hydrogens is 252 g/mol. The van der Waals surface area contributed by atoms with Crippen molar-refractivity contribution in [3.63, 3.8) is 0 Å². The number of nitrogens with one attached hydrogen (secondary N) is 1. The molecule has 1 rings (SSSR count). The molecule has 2 nitrogen and oxygen atoms in total. The molecule has 1 aromatic rings. The number of hydrogen-bond acceptors (Lipinski definition) is 2. The first-order valence-corrected chi connectivity index (χ1v) is 6.02. The second-order valence-electron chi connectivity index (χ2n) is 4.03. The van der Waals surface area contributed by atoms with Crippen molar-refractivity contribution >= 4 is 15.9 Å². The Morgan fingerprint density at radius 3 is 2.73 bits per heavy atom. The SMILES string of the molecule is C[C@H](NCCN(C)C)c1cccc(Br)c1. The molecule has 0 aliphatic carbocycles. The number of likely N-dealkylation sites (N-methyl/N-ethyl adjacent to an activating group) is 1. The van der Waals surface area contributed by atoms with Crippen molar-refractivity contribution in [3.8, 4) is 0 Å². The third kappa shape index (κ3) is 4.78. The van der Waals surface area contributed by atoms with Gasteiger partial charge >= 0.3 is 0 Å². The summed E-state index contributed by atoms with van der Waals surface area (Å²) in [5.74, 6) is 0. The maximum atomic E-state index is 3.49. The lowest BCUT2D eigenvalue weighted by Gasteiger charge is -2.16. The Labute approximate surface area is 101 Å². The lowest BCUT2D eigenvalue weighted by molar-refractivity contribution is 0.389. The summed E-state index contributed by atoms with van der Waals surface area (Å²) >= 11 is 3.49. The van der Waals surface area contributed by atoms with Gasteiger partial charge in [0, 0.05) is 23.6 Å². The highest BCUT2D eigenvalue weighted by atomic mass is 79.9. The number of nitrogens with zero attached hydrogens (tertiary/aromatic N) is 1. The van der Waals surface area contributed by atoms with Gasteiger partial charge in [0.15, 0.2) is 0 Å². The van der Waals surface area contributed by atoms with Gasteiger partial charge in [0.1, 0.15) is 0 Å². The Kier molecular flexibility index (Phi) is 5.29. The standard InChI is InChI=1S/C12H19BrN2/c1-10(14-7-8-15(2)3)11-5-4-6-12(13)9-11/h4-6,9-10,14H,7-8H2,1-3H3/t10-/m0/s1. The molecule has 0 saturated heterocycles. The zero-order chi connectivity index (χ0) is 11.3. The fourth-order valence-electron chi connectivity index (χ4n) is 1.40. The van der Waals surface area contributed by atoms with Crippen molar-refractivity contribution in [1.29, 1.82) is 0 Å². The maximum absolute atomic E-state index is 3.49. The van der Waals surface area contributed by atoms with Crippen LogP contribution in [-0.4, -0.2) is 32.1 Å². The highest BCUT2D eigenvalue weighted by molar-refractivity contribution is 9.10. The van der Waals surface area contributed by atoms with E-state index in [2.05, 4.69) is 71.4 Å². The minimum atomic E-state index is 0.405. The molecular formula is C12H19BrN2. The predicted molar refractivity (Wildman–Crippen MR) is 69.1 cm³/mol. The van der Waals surface area contributed by atoms with E-state index in [9.17, 15) is 0 Å². The summed E-state index contributed by atoms with van der Waals surface area (Å²) < 4.78 is 1.14. The summed E-state index contributed by atoms with van der Waals surface area (Å²) in [7, 11) is 4.18. The minimum absolute atomic E-state index is 0.405. The number of halogens is 1. The van der Waals surface area contributed by atoms with Gasteiger partial charge in [0.25, 0.3) is 0 Å². The second-order valence-corrected chi connectivity index (χ2v) is 4.95. The molecule has 0 amide bonds. The third-order valence-electron chi connectivity index (χ3n) is 2.36. The Morgan fingerprint density at radius 2 is 2.13 bits per heavy atom. The van der Waals surface area contributed by atoms with Gasteiger partial charge in [0.2, 0.25) is 0 Å². The molecule has 0 heterocycles. The van der Waals surface area contributed by atoms with Crippen LogP contribution in [0.25, 0.3) is 0 Å². The maximum Gasteiger partial charge on any atom is 0.0292 e. The van der Waals surface area contributed by atoms with E-state index in [0.29, 0.717) is 6.04 Å². The molecule has 0 bridgehead atoms. The zero-order valence-electron chi connectivity index (χ0n) is 9.63. The van der Waals surface area contributed by atoms with E-state index in [0.717, 1.165) is 17.6 Å². The van der Waals surface area contributed by atoms with Gasteiger partial charge in [0.05, 0.1) is 0 Å². The topological polar surface area (TPSA) is 15.3 Å². The lowest BCUT2D eigenvalue weighted by atomic mass is 10.1. The van der Waals surface area contributed by atoms with Crippen molar-refractivity contribution in [2.45, 2.75) is 13.0 Å². The molecule has 0 saturated carbocycles. The van der Waals surface area contributed by atoms with Crippen LogP contribution in [-0.2, 0) is 0 Å². The average molecular weight is 271 g/mol. The van der Waals surface area contributed by atoms with Gasteiger partial charge in [-0.3, -0.25) is 0 Å². The van der Waals surface area contributed by atoms with E-state index in [1.165, 1.54) is 5.56 Å². The van der Waals surface area contributed by atoms with Gasteiger partial charge in [-0.1, -0.05) is 28.1 Å². The van der Waals surface area contributed by atoms with Gasteiger partial charge in [-0.15, -0.1) is 0 Å². The van der Waals surface area contributed by atoms with Crippen molar-refractivity contribution in [2.24, 2.45) is 0 Å². The normalized spacial score (nSPS) is 13.1. The fourth-order valence-corrected chi connectivity index (χ4v) is 1.82. The number of benzene rings is 1. The highest BCUT2D eigenvalue weighted by Crippen LogP contribution is 2.17. The molecule has 0 radical (unpaired) electrons. The minimum Gasteiger partial charge on any atom is -0.309 e. The number of rotatable bonds is 5. The Hall–Kier alpha value is -0.380. The quantitative estimate of drug-likeness (QED) is 0.885. The predicted octanol–water partition coefficient (Wildman–Crippen LogP) is 2.66. The largest absolute Gasteiger partial charge is 0.309 e. The van der Waals surface area contributed by atoms with Crippen LogP contribution in [0.1, 0.15) is 18.5 Å². The smallest absolute Gasteiger partial charge is 0.0292 e. The van der Waals surface area contributed by atoms with Gasteiger partial charge in [-0.25, -0.2) is 0 Å². The van der Waals surface area contributed by atoms with E-state index < -0.39 is 0 Å². The van der Waals surface area contributed by atoms with E-state index in [1.54, 1.807) is 0 Å². The fraction of sp³-hybridized carbons (Fsp3) is 0.500. The zero-order valence-corrected chi connectivity index (χ0v) is 11.2. The molecule has 0 spiro atoms. The molecule has 0 aliphatic heterocycles. The van der Waals surface area contributed by atoms with Gasteiger partial charge in [-0.2, -0.15) is 0 Å². The van der Waals surface area contributed by atoms with E-state index in [4.69, 9.17) is 0 Å². The van der Waals surface area contributed by atoms with Gasteiger partial charge in [-0.05, 0) is 38.7 Å². The summed E-state index contributed by atoms with van der Waals surface area (Å²) in [5.41, 5.74) is 1.32. The van der Waals surface area contributed by atoms with Crippen molar-refractivity contribution < 1.29 is 0 Å². The van der Waals surface area contributed by atoms with E-state index in [-0.39, 0.29) is 0 Å². The van der Waals surface area contributed by atoms with Crippen molar-refractivity contribution in [3.05, 3.63) is 34.3 Å². The van der Waals surface area contributed by atoms with Crippen LogP contribution < -0.4 is 5.32 Å². The van der Waals surface area contributed by atoms with Crippen LogP contribution in [0, 0.1) is 0 Å². The second kappa shape index (κ2) is 6.26. The molecule has 0 unspecified atom stereocenters. The van der Waals surface area contributed by atoms with Gasteiger partial charge < -0.3 is 10.2 Å². The first-order chi connectivity index (χ1) is 7.09. The summed E-state index contributed by atoms with van der Waals surface area (Å²) in [6, 6.07) is 8.84. The molecule has 1 atom stereocenters. The average Bonchev–Trinajstić information content (AvgIpc) is 2.17. The number of hydrogen-bond donors (Lipinski definition) is 1. The molecule has 84 valence electrons. The molecule has 1 N–H and O–H groups in total. The first kappa shape index (κ1) is 12.7. The van der Waals surface area contributed by atoms with Crippen LogP contribution in [0.15, 0.2) is 28.7 Å². The van der Waals surface area contributed by atoms with E-state index in [1.807, 2.05) is 0 Å². The lowest BCUT2D eigenvalue weighted by Crippen LogP contribution is -2.28. The molecule has 0 aliphatic rings. The van der Waals surface area contributed by atoms with Crippen LogP contribution in [0.3, 0.4) is 0 Å². The third-order valence-corrected chi connectivity index (χ3v) is 2.85. The molecule has 0 fully saturated rings. The van der Waals surface area contributed by atoms with Crippen molar-refractivity contribution in [1.82, 2.24) is 10.2 Å². The van der Waals surface area contributed by atoms with Crippen LogP contribution >= 0.6 is 15.9 Å².